The van der Waals surface area contributed by atoms with Crippen molar-refractivity contribution >= 4 is 0 Å². The first-order valence-corrected chi connectivity index (χ1v) is 4.18. The molecule has 11 heavy (non-hydrogen) atoms. The van der Waals surface area contributed by atoms with E-state index in [2.05, 4.69) is 18.0 Å². The Hall–Kier alpha value is -0.760. The minimum atomic E-state index is 0.278. The monoisotopic (exact) mass is 150 g/mol. The predicted molar refractivity (Wildman–Crippen MR) is 45.2 cm³/mol. The highest BCUT2D eigenvalue weighted by Crippen LogP contribution is 2.39. The minimum Gasteiger partial charge on any atom is -0.365 e. The zero-order chi connectivity index (χ0) is 7.84. The van der Waals surface area contributed by atoms with E-state index >= 15 is 0 Å². The zero-order valence-electron chi connectivity index (χ0n) is 6.80. The van der Waals surface area contributed by atoms with Crippen LogP contribution in [0.2, 0.25) is 0 Å². The fraction of sp³-hybridized carbons (Fsp3) is 0.556. The quantitative estimate of drug-likeness (QED) is 0.662. The standard InChI is InChI=1S/C9H14N2/c1-6-4-8(5-11-6)9(10)7-2-3-7/h4-5,7,9,11H,2-3,10H2,1H3. The normalized spacial score (nSPS) is 20.2. The lowest BCUT2D eigenvalue weighted by atomic mass is 10.1. The van der Waals surface area contributed by atoms with Crippen LogP contribution in [0.15, 0.2) is 12.3 Å². The number of hydrogen-bond donors (Lipinski definition) is 2. The molecular formula is C9H14N2. The number of nitrogens with two attached hydrogens (primary N) is 1. The lowest BCUT2D eigenvalue weighted by Crippen LogP contribution is -2.10. The fourth-order valence-electron chi connectivity index (χ4n) is 1.45. The van der Waals surface area contributed by atoms with Crippen molar-refractivity contribution < 1.29 is 0 Å². The Balaban J connectivity index is 2.14. The second kappa shape index (κ2) is 2.38. The van der Waals surface area contributed by atoms with Gasteiger partial charge in [0.25, 0.3) is 0 Å². The van der Waals surface area contributed by atoms with Crippen LogP contribution in [0, 0.1) is 12.8 Å². The summed E-state index contributed by atoms with van der Waals surface area (Å²) in [6, 6.07) is 2.42. The van der Waals surface area contributed by atoms with E-state index in [-0.39, 0.29) is 6.04 Å². The number of rotatable bonds is 2. The second-order valence-corrected chi connectivity index (χ2v) is 3.48. The SMILES string of the molecule is Cc1cc(C(N)C2CC2)c[nH]1. The topological polar surface area (TPSA) is 41.8 Å². The number of aromatic nitrogens is 1. The molecule has 0 saturated heterocycles. The molecule has 0 aromatic carbocycles. The molecule has 1 aliphatic rings. The highest BCUT2D eigenvalue weighted by Gasteiger charge is 2.29. The number of H-pyrrole nitrogens is 1. The first-order valence-electron chi connectivity index (χ1n) is 4.18. The summed E-state index contributed by atoms with van der Waals surface area (Å²) in [5, 5.41) is 0. The molecule has 1 unspecified atom stereocenters. The van der Waals surface area contributed by atoms with Gasteiger partial charge in [0.05, 0.1) is 0 Å². The second-order valence-electron chi connectivity index (χ2n) is 3.48. The molecule has 0 radical (unpaired) electrons. The first-order chi connectivity index (χ1) is 5.27. The van der Waals surface area contributed by atoms with Crippen LogP contribution in [0.1, 0.15) is 30.1 Å². The van der Waals surface area contributed by atoms with Gasteiger partial charge in [-0.15, -0.1) is 0 Å². The van der Waals surface area contributed by atoms with Gasteiger partial charge < -0.3 is 10.7 Å². The Morgan fingerprint density at radius 3 is 2.82 bits per heavy atom. The summed E-state index contributed by atoms with van der Waals surface area (Å²) in [4.78, 5) is 3.15. The van der Waals surface area contributed by atoms with Crippen LogP contribution < -0.4 is 5.73 Å². The fourth-order valence-corrected chi connectivity index (χ4v) is 1.45. The van der Waals surface area contributed by atoms with Crippen molar-refractivity contribution in [1.82, 2.24) is 4.98 Å². The lowest BCUT2D eigenvalue weighted by molar-refractivity contribution is 0.634. The van der Waals surface area contributed by atoms with E-state index < -0.39 is 0 Å². The Labute approximate surface area is 66.8 Å². The van der Waals surface area contributed by atoms with Gasteiger partial charge in [-0.3, -0.25) is 0 Å². The Morgan fingerprint density at radius 2 is 2.36 bits per heavy atom. The predicted octanol–water partition coefficient (Wildman–Crippen LogP) is 1.73. The molecule has 1 aromatic rings. The molecule has 3 N–H and O–H groups in total. The molecule has 1 atom stereocenters. The van der Waals surface area contributed by atoms with Gasteiger partial charge in [-0.25, -0.2) is 0 Å². The number of hydrogen-bond acceptors (Lipinski definition) is 1. The van der Waals surface area contributed by atoms with Crippen LogP contribution in [0.5, 0.6) is 0 Å². The van der Waals surface area contributed by atoms with E-state index in [1.165, 1.54) is 24.1 Å². The average molecular weight is 150 g/mol. The molecule has 1 aliphatic carbocycles. The van der Waals surface area contributed by atoms with E-state index in [1.54, 1.807) is 0 Å². The summed E-state index contributed by atoms with van der Waals surface area (Å²) in [5.41, 5.74) is 8.47. The molecule has 1 fully saturated rings. The van der Waals surface area contributed by atoms with Crippen LogP contribution in [0.25, 0.3) is 0 Å². The molecule has 0 spiro atoms. The Bertz CT molecular complexity index is 248. The third-order valence-corrected chi connectivity index (χ3v) is 2.36. The van der Waals surface area contributed by atoms with Crippen molar-refractivity contribution in [2.75, 3.05) is 0 Å². The van der Waals surface area contributed by atoms with Crippen LogP contribution in [0.4, 0.5) is 0 Å². The molecule has 0 bridgehead atoms. The minimum absolute atomic E-state index is 0.278. The average Bonchev–Trinajstić information content (AvgIpc) is 2.74. The van der Waals surface area contributed by atoms with Crippen LogP contribution in [-0.4, -0.2) is 4.98 Å². The summed E-state index contributed by atoms with van der Waals surface area (Å²) < 4.78 is 0. The number of nitrogens with one attached hydrogen (secondary N) is 1. The zero-order valence-corrected chi connectivity index (χ0v) is 6.80. The first kappa shape index (κ1) is 6.92. The maximum absolute atomic E-state index is 5.99. The van der Waals surface area contributed by atoms with E-state index in [0.29, 0.717) is 0 Å². The van der Waals surface area contributed by atoms with Gasteiger partial charge in [-0.05, 0) is 37.3 Å². The third-order valence-electron chi connectivity index (χ3n) is 2.36. The summed E-state index contributed by atoms with van der Waals surface area (Å²) >= 11 is 0. The molecule has 2 nitrogen and oxygen atoms in total. The molecule has 60 valence electrons. The van der Waals surface area contributed by atoms with E-state index in [0.717, 1.165) is 5.92 Å². The van der Waals surface area contributed by atoms with Crippen molar-refractivity contribution in [2.24, 2.45) is 11.7 Å². The van der Waals surface area contributed by atoms with Crippen molar-refractivity contribution in [3.63, 3.8) is 0 Å². The van der Waals surface area contributed by atoms with Gasteiger partial charge in [-0.2, -0.15) is 0 Å². The summed E-state index contributed by atoms with van der Waals surface area (Å²) in [6.07, 6.45) is 4.65. The van der Waals surface area contributed by atoms with Gasteiger partial charge in [0.2, 0.25) is 0 Å². The number of aromatic amines is 1. The summed E-state index contributed by atoms with van der Waals surface area (Å²) in [7, 11) is 0. The highest BCUT2D eigenvalue weighted by atomic mass is 14.7. The lowest BCUT2D eigenvalue weighted by Gasteiger charge is -2.05. The maximum Gasteiger partial charge on any atom is 0.0338 e. The van der Waals surface area contributed by atoms with Crippen molar-refractivity contribution in [2.45, 2.75) is 25.8 Å². The molecule has 0 aliphatic heterocycles. The van der Waals surface area contributed by atoms with Gasteiger partial charge in [-0.1, -0.05) is 0 Å². The highest BCUT2D eigenvalue weighted by molar-refractivity contribution is 5.20. The number of aryl methyl sites for hydroxylation is 1. The molecule has 2 heteroatoms. The van der Waals surface area contributed by atoms with Crippen molar-refractivity contribution in [3.05, 3.63) is 23.5 Å². The third kappa shape index (κ3) is 1.31. The van der Waals surface area contributed by atoms with Crippen LogP contribution >= 0.6 is 0 Å². The molecular weight excluding hydrogens is 136 g/mol. The van der Waals surface area contributed by atoms with E-state index in [9.17, 15) is 0 Å². The largest absolute Gasteiger partial charge is 0.365 e. The maximum atomic E-state index is 5.99. The van der Waals surface area contributed by atoms with E-state index in [1.807, 2.05) is 6.20 Å². The van der Waals surface area contributed by atoms with Gasteiger partial charge in [0.1, 0.15) is 0 Å². The van der Waals surface area contributed by atoms with Gasteiger partial charge >= 0.3 is 0 Å². The molecule has 1 aromatic heterocycles. The molecule has 1 saturated carbocycles. The van der Waals surface area contributed by atoms with Crippen molar-refractivity contribution in [1.29, 1.82) is 0 Å². The Morgan fingerprint density at radius 1 is 1.64 bits per heavy atom. The van der Waals surface area contributed by atoms with Gasteiger partial charge in [0, 0.05) is 17.9 Å². The smallest absolute Gasteiger partial charge is 0.0338 e. The Kier molecular flexibility index (Phi) is 1.50. The summed E-state index contributed by atoms with van der Waals surface area (Å²) in [6.45, 7) is 2.06. The van der Waals surface area contributed by atoms with Crippen LogP contribution in [0.3, 0.4) is 0 Å². The van der Waals surface area contributed by atoms with Crippen molar-refractivity contribution in [3.8, 4) is 0 Å². The molecule has 0 amide bonds. The van der Waals surface area contributed by atoms with Crippen LogP contribution in [-0.2, 0) is 0 Å². The summed E-state index contributed by atoms with van der Waals surface area (Å²) in [5.74, 6) is 0.755. The molecule has 2 rings (SSSR count). The van der Waals surface area contributed by atoms with E-state index in [4.69, 9.17) is 5.73 Å². The van der Waals surface area contributed by atoms with Gasteiger partial charge in [0.15, 0.2) is 0 Å². The molecule has 1 heterocycles.